The van der Waals surface area contributed by atoms with Crippen LogP contribution in [0, 0.1) is 5.82 Å². The molecule has 0 saturated heterocycles. The predicted octanol–water partition coefficient (Wildman–Crippen LogP) is 3.73. The predicted molar refractivity (Wildman–Crippen MR) is 77.3 cm³/mol. The number of halogens is 2. The van der Waals surface area contributed by atoms with Gasteiger partial charge < -0.3 is 10.5 Å². The third kappa shape index (κ3) is 3.68. The Bertz CT molecular complexity index is 562. The van der Waals surface area contributed by atoms with E-state index in [2.05, 4.69) is 4.98 Å². The Morgan fingerprint density at radius 3 is 2.60 bits per heavy atom. The van der Waals surface area contributed by atoms with E-state index in [1.807, 2.05) is 6.92 Å². The van der Waals surface area contributed by atoms with Crippen molar-refractivity contribution in [1.82, 2.24) is 4.98 Å². The van der Waals surface area contributed by atoms with Gasteiger partial charge >= 0.3 is 0 Å². The first kappa shape index (κ1) is 14.8. The topological polar surface area (TPSA) is 48.1 Å². The molecule has 0 aliphatic heterocycles. The van der Waals surface area contributed by atoms with Crippen LogP contribution in [0.1, 0.15) is 25.0 Å². The molecule has 1 heterocycles. The van der Waals surface area contributed by atoms with E-state index in [4.69, 9.17) is 22.1 Å². The average molecular weight is 295 g/mol. The molecule has 2 atom stereocenters. The first-order valence-corrected chi connectivity index (χ1v) is 6.76. The molecule has 3 nitrogen and oxygen atoms in total. The molecule has 0 spiro atoms. The fourth-order valence-corrected chi connectivity index (χ4v) is 2.04. The van der Waals surface area contributed by atoms with Crippen LogP contribution in [0.3, 0.4) is 0 Å². The van der Waals surface area contributed by atoms with E-state index in [0.29, 0.717) is 10.8 Å². The Hall–Kier alpha value is -1.65. The summed E-state index contributed by atoms with van der Waals surface area (Å²) in [6, 6.07) is 7.60. The number of aromatic nitrogens is 1. The van der Waals surface area contributed by atoms with Gasteiger partial charge in [0.1, 0.15) is 17.7 Å². The normalized spacial score (nSPS) is 13.8. The number of pyridine rings is 1. The van der Waals surface area contributed by atoms with Gasteiger partial charge in [-0.3, -0.25) is 4.98 Å². The van der Waals surface area contributed by atoms with Crippen LogP contribution in [0.5, 0.6) is 5.75 Å². The van der Waals surface area contributed by atoms with Crippen molar-refractivity contribution in [3.05, 3.63) is 59.1 Å². The van der Waals surface area contributed by atoms with E-state index < -0.39 is 0 Å². The summed E-state index contributed by atoms with van der Waals surface area (Å²) in [6.45, 7) is 1.97. The maximum absolute atomic E-state index is 13.0. The van der Waals surface area contributed by atoms with Gasteiger partial charge in [0.2, 0.25) is 0 Å². The summed E-state index contributed by atoms with van der Waals surface area (Å²) < 4.78 is 18.9. The molecule has 0 bridgehead atoms. The number of nitrogens with two attached hydrogens (primary N) is 1. The number of nitrogens with zero attached hydrogens (tertiary/aromatic N) is 1. The molecule has 2 N–H and O–H groups in total. The van der Waals surface area contributed by atoms with E-state index in [9.17, 15) is 4.39 Å². The van der Waals surface area contributed by atoms with Crippen molar-refractivity contribution >= 4 is 11.6 Å². The fourth-order valence-electron chi connectivity index (χ4n) is 1.87. The Labute approximate surface area is 122 Å². The Morgan fingerprint density at radius 1 is 1.30 bits per heavy atom. The first-order chi connectivity index (χ1) is 9.60. The molecule has 1 aromatic carbocycles. The summed E-state index contributed by atoms with van der Waals surface area (Å²) in [5.41, 5.74) is 6.92. The minimum absolute atomic E-state index is 0.209. The van der Waals surface area contributed by atoms with E-state index >= 15 is 0 Å². The zero-order chi connectivity index (χ0) is 14.5. The second kappa shape index (κ2) is 6.68. The number of benzene rings is 1. The Kier molecular flexibility index (Phi) is 4.93. The van der Waals surface area contributed by atoms with Gasteiger partial charge in [-0.15, -0.1) is 0 Å². The molecule has 0 fully saturated rings. The van der Waals surface area contributed by atoms with E-state index in [1.54, 1.807) is 24.4 Å². The second-order valence-corrected chi connectivity index (χ2v) is 4.94. The van der Waals surface area contributed by atoms with E-state index in [-0.39, 0.29) is 18.0 Å². The molecule has 106 valence electrons. The molecule has 0 aliphatic rings. The summed E-state index contributed by atoms with van der Waals surface area (Å²) in [7, 11) is 0. The number of ether oxygens (including phenoxy) is 1. The lowest BCUT2D eigenvalue weighted by atomic mass is 10.0. The molecule has 0 radical (unpaired) electrons. The molecule has 2 unspecified atom stereocenters. The van der Waals surface area contributed by atoms with Crippen LogP contribution < -0.4 is 10.5 Å². The zero-order valence-corrected chi connectivity index (χ0v) is 11.8. The van der Waals surface area contributed by atoms with Crippen LogP contribution in [0.4, 0.5) is 4.39 Å². The van der Waals surface area contributed by atoms with Gasteiger partial charge in [-0.25, -0.2) is 4.39 Å². The van der Waals surface area contributed by atoms with Crippen LogP contribution in [0.15, 0.2) is 42.7 Å². The van der Waals surface area contributed by atoms with Crippen molar-refractivity contribution in [2.45, 2.75) is 25.5 Å². The van der Waals surface area contributed by atoms with Crippen molar-refractivity contribution in [3.8, 4) is 5.75 Å². The summed E-state index contributed by atoms with van der Waals surface area (Å²) in [5.74, 6) is 0.248. The lowest BCUT2D eigenvalue weighted by Crippen LogP contribution is -2.31. The highest BCUT2D eigenvalue weighted by atomic mass is 35.5. The lowest BCUT2D eigenvalue weighted by molar-refractivity contribution is 0.170. The monoisotopic (exact) mass is 294 g/mol. The average Bonchev–Trinajstić information content (AvgIpc) is 2.45. The van der Waals surface area contributed by atoms with Gasteiger partial charge in [0.25, 0.3) is 0 Å². The maximum Gasteiger partial charge on any atom is 0.140 e. The van der Waals surface area contributed by atoms with Crippen molar-refractivity contribution in [3.63, 3.8) is 0 Å². The highest BCUT2D eigenvalue weighted by molar-refractivity contribution is 6.30. The smallest absolute Gasteiger partial charge is 0.140 e. The van der Waals surface area contributed by atoms with Gasteiger partial charge in [-0.2, -0.15) is 0 Å². The Morgan fingerprint density at radius 2 is 2.00 bits per heavy atom. The van der Waals surface area contributed by atoms with Crippen molar-refractivity contribution < 1.29 is 9.13 Å². The van der Waals surface area contributed by atoms with Crippen molar-refractivity contribution in [1.29, 1.82) is 0 Å². The largest absolute Gasteiger partial charge is 0.482 e. The van der Waals surface area contributed by atoms with Gasteiger partial charge in [0.15, 0.2) is 0 Å². The molecule has 5 heteroatoms. The molecular formula is C15H16ClFN2O. The summed E-state index contributed by atoms with van der Waals surface area (Å²) in [4.78, 5) is 3.97. The molecule has 0 amide bonds. The molecule has 0 saturated carbocycles. The molecule has 2 aromatic rings. The maximum atomic E-state index is 13.0. The summed E-state index contributed by atoms with van der Waals surface area (Å²) in [5, 5.41) is 0.491. The molecule has 2 rings (SSSR count). The minimum atomic E-state index is -0.374. The Balaban J connectivity index is 2.26. The first-order valence-electron chi connectivity index (χ1n) is 6.38. The van der Waals surface area contributed by atoms with Crippen molar-refractivity contribution in [2.24, 2.45) is 5.73 Å². The summed E-state index contributed by atoms with van der Waals surface area (Å²) in [6.07, 6.45) is 3.46. The lowest BCUT2D eigenvalue weighted by Gasteiger charge is -2.24. The van der Waals surface area contributed by atoms with Gasteiger partial charge in [0, 0.05) is 18.3 Å². The van der Waals surface area contributed by atoms with Crippen LogP contribution in [0.2, 0.25) is 5.02 Å². The van der Waals surface area contributed by atoms with Crippen molar-refractivity contribution in [2.75, 3.05) is 0 Å². The molecule has 0 aliphatic carbocycles. The number of hydrogen-bond donors (Lipinski definition) is 1. The van der Waals surface area contributed by atoms with Crippen LogP contribution in [-0.4, -0.2) is 11.0 Å². The molecular weight excluding hydrogens is 279 g/mol. The van der Waals surface area contributed by atoms with E-state index in [0.717, 1.165) is 12.0 Å². The van der Waals surface area contributed by atoms with Crippen LogP contribution >= 0.6 is 11.6 Å². The number of rotatable bonds is 5. The SMILES string of the molecule is CCC(N)C(Oc1cncc(Cl)c1)c1ccc(F)cc1. The molecule has 1 aromatic heterocycles. The molecule has 20 heavy (non-hydrogen) atoms. The highest BCUT2D eigenvalue weighted by Crippen LogP contribution is 2.26. The second-order valence-electron chi connectivity index (χ2n) is 4.50. The van der Waals surface area contributed by atoms with Gasteiger partial charge in [-0.05, 0) is 24.1 Å². The standard InChI is InChI=1S/C15H16ClFN2O/c1-2-14(18)15(10-3-5-12(17)6-4-10)20-13-7-11(16)8-19-9-13/h3-9,14-15H,2,18H2,1H3. The fraction of sp³-hybridized carbons (Fsp3) is 0.267. The van der Waals surface area contributed by atoms with Gasteiger partial charge in [0.05, 0.1) is 11.2 Å². The summed E-state index contributed by atoms with van der Waals surface area (Å²) >= 11 is 5.89. The number of hydrogen-bond acceptors (Lipinski definition) is 3. The van der Waals surface area contributed by atoms with Crippen LogP contribution in [0.25, 0.3) is 0 Å². The van der Waals surface area contributed by atoms with Gasteiger partial charge in [-0.1, -0.05) is 30.7 Å². The van der Waals surface area contributed by atoms with E-state index in [1.165, 1.54) is 18.3 Å². The third-order valence-corrected chi connectivity index (χ3v) is 3.21. The van der Waals surface area contributed by atoms with Crippen LogP contribution in [-0.2, 0) is 0 Å². The quantitative estimate of drug-likeness (QED) is 0.914. The minimum Gasteiger partial charge on any atom is -0.482 e. The highest BCUT2D eigenvalue weighted by Gasteiger charge is 2.20. The third-order valence-electron chi connectivity index (χ3n) is 3.00. The zero-order valence-electron chi connectivity index (χ0n) is 11.1.